The van der Waals surface area contributed by atoms with Crippen LogP contribution in [0.15, 0.2) is 50.3 Å². The van der Waals surface area contributed by atoms with E-state index in [2.05, 4.69) is 46.2 Å². The molecule has 2 N–H and O–H groups in total. The van der Waals surface area contributed by atoms with Crippen molar-refractivity contribution < 1.29 is 13.2 Å². The van der Waals surface area contributed by atoms with Crippen molar-refractivity contribution in [3.63, 3.8) is 0 Å². The number of halogens is 2. The van der Waals surface area contributed by atoms with E-state index in [-0.39, 0.29) is 15.3 Å². The van der Waals surface area contributed by atoms with Crippen molar-refractivity contribution in [3.05, 3.63) is 57.0 Å². The van der Waals surface area contributed by atoms with E-state index in [0.29, 0.717) is 5.56 Å². The van der Waals surface area contributed by atoms with E-state index in [1.54, 1.807) is 24.5 Å². The van der Waals surface area contributed by atoms with Crippen LogP contribution in [0.4, 0.5) is 0 Å². The van der Waals surface area contributed by atoms with E-state index < -0.39 is 22.0 Å². The van der Waals surface area contributed by atoms with Crippen LogP contribution in [0.3, 0.4) is 0 Å². The molecule has 2 heterocycles. The Kier molecular flexibility index (Phi) is 13.8. The molecule has 2 aromatic heterocycles. The van der Waals surface area contributed by atoms with Crippen LogP contribution in [-0.4, -0.2) is 39.4 Å². The van der Waals surface area contributed by atoms with Gasteiger partial charge in [-0.25, -0.2) is 18.4 Å². The molecule has 7 nitrogen and oxygen atoms in total. The number of Topliss-reactive ketones (excluding diaryl/α,β-unsaturated/α-hetero) is 1. The van der Waals surface area contributed by atoms with Gasteiger partial charge in [-0.1, -0.05) is 0 Å². The molecule has 0 aliphatic rings. The molecular formula is C22H32Br2N4O3S2. The van der Waals surface area contributed by atoms with Gasteiger partial charge < -0.3 is 0 Å². The van der Waals surface area contributed by atoms with Gasteiger partial charge in [-0.2, -0.15) is 4.40 Å². The van der Waals surface area contributed by atoms with Gasteiger partial charge in [-0.15, -0.1) is 0 Å². The van der Waals surface area contributed by atoms with E-state index in [1.807, 2.05) is 60.6 Å². The minimum Gasteiger partial charge on any atom is -0.294 e. The average Bonchev–Trinajstić information content (AvgIpc) is 2.68. The van der Waals surface area contributed by atoms with E-state index in [1.165, 1.54) is 6.92 Å². The summed E-state index contributed by atoms with van der Waals surface area (Å²) in [5.41, 5.74) is 2.28. The highest BCUT2D eigenvalue weighted by Crippen LogP contribution is 2.14. The first kappa shape index (κ1) is 31.9. The highest BCUT2D eigenvalue weighted by atomic mass is 79.9. The first-order valence-electron chi connectivity index (χ1n) is 9.83. The third kappa shape index (κ3) is 14.0. The summed E-state index contributed by atoms with van der Waals surface area (Å²) < 4.78 is 27.3. The maximum absolute atomic E-state index is 11.8. The molecule has 0 saturated heterocycles. The molecule has 2 rings (SSSR count). The van der Waals surface area contributed by atoms with E-state index in [4.69, 9.17) is 5.14 Å². The lowest BCUT2D eigenvalue weighted by Crippen LogP contribution is -2.27. The summed E-state index contributed by atoms with van der Waals surface area (Å²) in [5, 5.41) is 5.04. The highest BCUT2D eigenvalue weighted by Gasteiger charge is 2.19. The Hall–Kier alpha value is -1.14. The molecular weight excluding hydrogens is 592 g/mol. The zero-order chi connectivity index (χ0) is 26.0. The van der Waals surface area contributed by atoms with Crippen LogP contribution in [0.25, 0.3) is 0 Å². The van der Waals surface area contributed by atoms with Crippen molar-refractivity contribution in [2.24, 2.45) is 9.54 Å². The fraction of sp³-hybridized carbons (Fsp3) is 0.455. The smallest absolute Gasteiger partial charge is 0.161 e. The number of carbonyl (C=O) groups is 1. The second-order valence-corrected chi connectivity index (χ2v) is 14.1. The molecule has 2 aromatic rings. The molecule has 0 aliphatic heterocycles. The first-order chi connectivity index (χ1) is 14.9. The van der Waals surface area contributed by atoms with Crippen LogP contribution in [-0.2, 0) is 22.0 Å². The molecule has 0 bridgehead atoms. The van der Waals surface area contributed by atoms with Gasteiger partial charge in [0.25, 0.3) is 0 Å². The molecule has 0 radical (unpaired) electrons. The standard InChI is InChI=1S/C11H15BrN2OS.C7H6BrNO.C4H11NOS/c1-8(14-16(15)11(2,3)4)9-5-6-10(12)13-7-9;1-5(10)6-2-3-7(8)9-4-6;1-4(2,3)7(5)6/h5-7H,1-4H3;2-4H,1H3;5H2,1-3H3/t16-;;7-/m1.1/s1. The van der Waals surface area contributed by atoms with Crippen LogP contribution in [0.5, 0.6) is 0 Å². The van der Waals surface area contributed by atoms with Crippen LogP contribution < -0.4 is 5.14 Å². The molecule has 0 saturated carbocycles. The number of rotatable bonds is 3. The number of hydrogen-bond donors (Lipinski definition) is 1. The summed E-state index contributed by atoms with van der Waals surface area (Å²) >= 11 is 6.44. The summed E-state index contributed by atoms with van der Waals surface area (Å²) in [6.45, 7) is 14.6. The second kappa shape index (κ2) is 14.3. The molecule has 184 valence electrons. The minimum atomic E-state index is -1.22. The number of nitrogens with two attached hydrogens (primary N) is 1. The van der Waals surface area contributed by atoms with E-state index in [9.17, 15) is 13.2 Å². The van der Waals surface area contributed by atoms with Crippen molar-refractivity contribution in [2.75, 3.05) is 0 Å². The van der Waals surface area contributed by atoms with Gasteiger partial charge in [0.05, 0.1) is 26.2 Å². The Morgan fingerprint density at radius 2 is 1.24 bits per heavy atom. The molecule has 0 aromatic carbocycles. The van der Waals surface area contributed by atoms with Gasteiger partial charge in [0.15, 0.2) is 5.78 Å². The van der Waals surface area contributed by atoms with Crippen molar-refractivity contribution >= 4 is 65.3 Å². The van der Waals surface area contributed by atoms with E-state index in [0.717, 1.165) is 20.5 Å². The number of ketones is 1. The largest absolute Gasteiger partial charge is 0.294 e. The predicted octanol–water partition coefficient (Wildman–Crippen LogP) is 5.57. The van der Waals surface area contributed by atoms with E-state index >= 15 is 0 Å². The van der Waals surface area contributed by atoms with Crippen molar-refractivity contribution in [1.29, 1.82) is 0 Å². The summed E-state index contributed by atoms with van der Waals surface area (Å²) in [4.78, 5) is 18.7. The van der Waals surface area contributed by atoms with Gasteiger partial charge in [0.1, 0.15) is 20.2 Å². The molecule has 0 fully saturated rings. The third-order valence-electron chi connectivity index (χ3n) is 3.63. The quantitative estimate of drug-likeness (QED) is 0.273. The van der Waals surface area contributed by atoms with Crippen LogP contribution in [0.1, 0.15) is 71.3 Å². The lowest BCUT2D eigenvalue weighted by Gasteiger charge is -2.14. The van der Waals surface area contributed by atoms with Gasteiger partial charge in [0.2, 0.25) is 0 Å². The first-order valence-corrected chi connectivity index (χ1v) is 13.7. The summed E-state index contributed by atoms with van der Waals surface area (Å²) in [5.74, 6) is 0.0417. The molecule has 0 unspecified atom stereocenters. The molecule has 0 amide bonds. The van der Waals surface area contributed by atoms with Crippen LogP contribution in [0, 0.1) is 0 Å². The lowest BCUT2D eigenvalue weighted by atomic mass is 10.2. The van der Waals surface area contributed by atoms with Crippen molar-refractivity contribution in [3.8, 4) is 0 Å². The Labute approximate surface area is 218 Å². The highest BCUT2D eigenvalue weighted by molar-refractivity contribution is 9.10. The maximum Gasteiger partial charge on any atom is 0.161 e. The van der Waals surface area contributed by atoms with Crippen LogP contribution in [0.2, 0.25) is 0 Å². The fourth-order valence-electron chi connectivity index (χ4n) is 1.49. The number of carbonyl (C=O) groups excluding carboxylic acids is 1. The molecule has 2 atom stereocenters. The van der Waals surface area contributed by atoms with Crippen LogP contribution >= 0.6 is 31.9 Å². The summed E-state index contributed by atoms with van der Waals surface area (Å²) in [6, 6.07) is 7.22. The van der Waals surface area contributed by atoms with Crippen molar-refractivity contribution in [2.45, 2.75) is 64.9 Å². The molecule has 11 heteroatoms. The monoisotopic (exact) mass is 622 g/mol. The van der Waals surface area contributed by atoms with Crippen molar-refractivity contribution in [1.82, 2.24) is 9.97 Å². The zero-order valence-corrected chi connectivity index (χ0v) is 25.0. The molecule has 0 spiro atoms. The lowest BCUT2D eigenvalue weighted by molar-refractivity contribution is 0.101. The number of aromatic nitrogens is 2. The Morgan fingerprint density at radius 3 is 1.52 bits per heavy atom. The average molecular weight is 624 g/mol. The van der Waals surface area contributed by atoms with Gasteiger partial charge in [-0.05, 0) is 112 Å². The normalized spacial score (nSPS) is 13.6. The Balaban J connectivity index is 0.000000514. The van der Waals surface area contributed by atoms with Gasteiger partial charge >= 0.3 is 0 Å². The Morgan fingerprint density at radius 1 is 0.848 bits per heavy atom. The number of nitrogens with zero attached hydrogens (tertiary/aromatic N) is 3. The molecule has 0 aliphatic carbocycles. The fourth-order valence-corrected chi connectivity index (χ4v) is 2.59. The van der Waals surface area contributed by atoms with Gasteiger partial charge in [0, 0.05) is 23.5 Å². The molecule has 33 heavy (non-hydrogen) atoms. The van der Waals surface area contributed by atoms with Gasteiger partial charge in [-0.3, -0.25) is 9.93 Å². The Bertz CT molecular complexity index is 983. The minimum absolute atomic E-state index is 0.0417. The topological polar surface area (TPSA) is 115 Å². The second-order valence-electron chi connectivity index (χ2n) is 8.74. The summed E-state index contributed by atoms with van der Waals surface area (Å²) in [6.07, 6.45) is 3.26. The number of pyridine rings is 2. The SMILES string of the molecule is CC(=N[S@](=O)C(C)(C)C)c1ccc(Br)nc1.CC(=O)c1ccc(Br)nc1.CC(C)(C)[S@](N)=O. The predicted molar refractivity (Wildman–Crippen MR) is 146 cm³/mol. The zero-order valence-electron chi connectivity index (χ0n) is 20.2. The third-order valence-corrected chi connectivity index (χ3v) is 7.26. The number of hydrogen-bond acceptors (Lipinski definition) is 5. The summed E-state index contributed by atoms with van der Waals surface area (Å²) in [7, 11) is -2.41. The maximum atomic E-state index is 11.8.